The Hall–Kier alpha value is -2.77. The summed E-state index contributed by atoms with van der Waals surface area (Å²) < 4.78 is 13.3. The fraction of sp³-hybridized carbons (Fsp3) is 0.182. The number of nitrogens with two attached hydrogens (primary N) is 1. The highest BCUT2D eigenvalue weighted by Gasteiger charge is 2.21. The maximum atomic E-state index is 12.8. The standard InChI is InChI=1S/C22H20BrClN2O4/c1-12-8-16(13(2)26(12)15-6-4-14(23)5-7-15)20(27)11-30-22(28)17-9-18(24)19(25)10-21(17)29-3/h4-10H,11,25H2,1-3H3. The molecular weight excluding hydrogens is 472 g/mol. The van der Waals surface area contributed by atoms with Gasteiger partial charge in [-0.15, -0.1) is 0 Å². The fourth-order valence-electron chi connectivity index (χ4n) is 3.22. The summed E-state index contributed by atoms with van der Waals surface area (Å²) in [6, 6.07) is 12.4. The number of hydrogen-bond acceptors (Lipinski definition) is 5. The molecule has 0 radical (unpaired) electrons. The lowest BCUT2D eigenvalue weighted by Crippen LogP contribution is -2.16. The Morgan fingerprint density at radius 3 is 2.40 bits per heavy atom. The third-order valence-corrected chi connectivity index (χ3v) is 5.55. The van der Waals surface area contributed by atoms with Gasteiger partial charge in [0.15, 0.2) is 6.61 Å². The first-order valence-electron chi connectivity index (χ1n) is 9.01. The van der Waals surface area contributed by atoms with Crippen molar-refractivity contribution >= 4 is 45.0 Å². The summed E-state index contributed by atoms with van der Waals surface area (Å²) in [5.74, 6) is -0.799. The smallest absolute Gasteiger partial charge is 0.342 e. The monoisotopic (exact) mass is 490 g/mol. The molecule has 3 aromatic rings. The van der Waals surface area contributed by atoms with Gasteiger partial charge < -0.3 is 19.8 Å². The van der Waals surface area contributed by atoms with Gasteiger partial charge in [-0.1, -0.05) is 27.5 Å². The van der Waals surface area contributed by atoms with E-state index in [2.05, 4.69) is 15.9 Å². The average Bonchev–Trinajstić information content (AvgIpc) is 3.02. The van der Waals surface area contributed by atoms with Crippen LogP contribution in [-0.2, 0) is 4.74 Å². The summed E-state index contributed by atoms with van der Waals surface area (Å²) in [4.78, 5) is 25.2. The second kappa shape index (κ2) is 8.93. The first-order valence-corrected chi connectivity index (χ1v) is 10.2. The molecule has 0 unspecified atom stereocenters. The Balaban J connectivity index is 1.79. The van der Waals surface area contributed by atoms with E-state index in [0.717, 1.165) is 21.5 Å². The SMILES string of the molecule is COc1cc(N)c(Cl)cc1C(=O)OCC(=O)c1cc(C)n(-c2ccc(Br)cc2)c1C. The van der Waals surface area contributed by atoms with Gasteiger partial charge >= 0.3 is 5.97 Å². The van der Waals surface area contributed by atoms with Crippen molar-refractivity contribution in [2.24, 2.45) is 0 Å². The zero-order chi connectivity index (χ0) is 22.0. The van der Waals surface area contributed by atoms with E-state index < -0.39 is 12.6 Å². The number of ketones is 1. The van der Waals surface area contributed by atoms with Gasteiger partial charge in [-0.3, -0.25) is 4.79 Å². The number of aryl methyl sites for hydroxylation is 1. The van der Waals surface area contributed by atoms with Crippen molar-refractivity contribution in [2.75, 3.05) is 19.5 Å². The average molecular weight is 492 g/mol. The van der Waals surface area contributed by atoms with Gasteiger partial charge in [0.05, 0.1) is 17.8 Å². The van der Waals surface area contributed by atoms with Crippen LogP contribution >= 0.6 is 27.5 Å². The van der Waals surface area contributed by atoms with E-state index in [9.17, 15) is 9.59 Å². The van der Waals surface area contributed by atoms with Crippen LogP contribution in [0.4, 0.5) is 5.69 Å². The van der Waals surface area contributed by atoms with Crippen molar-refractivity contribution in [3.8, 4) is 11.4 Å². The summed E-state index contributed by atoms with van der Waals surface area (Å²) >= 11 is 9.41. The summed E-state index contributed by atoms with van der Waals surface area (Å²) in [5, 5.41) is 0.201. The second-order valence-corrected chi connectivity index (χ2v) is 7.99. The molecular formula is C22H20BrClN2O4. The van der Waals surface area contributed by atoms with Crippen molar-refractivity contribution in [2.45, 2.75) is 13.8 Å². The number of hydrogen-bond donors (Lipinski definition) is 1. The zero-order valence-electron chi connectivity index (χ0n) is 16.7. The number of carbonyl (C=O) groups excluding carboxylic acids is 2. The molecule has 0 aliphatic carbocycles. The highest BCUT2D eigenvalue weighted by atomic mass is 79.9. The Morgan fingerprint density at radius 2 is 1.77 bits per heavy atom. The largest absolute Gasteiger partial charge is 0.496 e. The molecule has 2 N–H and O–H groups in total. The summed E-state index contributed by atoms with van der Waals surface area (Å²) in [7, 11) is 1.40. The molecule has 6 nitrogen and oxygen atoms in total. The summed E-state index contributed by atoms with van der Waals surface area (Å²) in [6.45, 7) is 3.36. The quantitative estimate of drug-likeness (QED) is 0.293. The molecule has 156 valence electrons. The number of nitrogen functional groups attached to an aromatic ring is 1. The van der Waals surface area contributed by atoms with Gasteiger partial charge in [0, 0.05) is 33.2 Å². The van der Waals surface area contributed by atoms with Crippen molar-refractivity contribution in [3.63, 3.8) is 0 Å². The first-order chi connectivity index (χ1) is 14.2. The lowest BCUT2D eigenvalue weighted by molar-refractivity contribution is 0.0471. The van der Waals surface area contributed by atoms with E-state index in [4.69, 9.17) is 26.8 Å². The molecule has 3 rings (SSSR count). The second-order valence-electron chi connectivity index (χ2n) is 6.67. The van der Waals surface area contributed by atoms with Crippen molar-refractivity contribution < 1.29 is 19.1 Å². The molecule has 0 atom stereocenters. The van der Waals surface area contributed by atoms with Crippen LogP contribution in [0.15, 0.2) is 46.9 Å². The molecule has 0 bridgehead atoms. The van der Waals surface area contributed by atoms with Gasteiger partial charge in [0.2, 0.25) is 5.78 Å². The number of carbonyl (C=O) groups is 2. The molecule has 0 aliphatic rings. The Bertz CT molecular complexity index is 1120. The molecule has 1 aromatic heterocycles. The number of rotatable bonds is 6. The minimum absolute atomic E-state index is 0.102. The number of nitrogens with zero attached hydrogens (tertiary/aromatic N) is 1. The number of halogens is 2. The van der Waals surface area contributed by atoms with E-state index in [1.165, 1.54) is 19.2 Å². The summed E-state index contributed by atoms with van der Waals surface area (Å²) in [5.41, 5.74) is 9.20. The van der Waals surface area contributed by atoms with Crippen LogP contribution in [0.1, 0.15) is 32.1 Å². The predicted molar refractivity (Wildman–Crippen MR) is 120 cm³/mol. The molecule has 0 fully saturated rings. The Labute approximate surface area is 187 Å². The van der Waals surface area contributed by atoms with Gasteiger partial charge in [0.25, 0.3) is 0 Å². The van der Waals surface area contributed by atoms with Crippen LogP contribution in [0.3, 0.4) is 0 Å². The van der Waals surface area contributed by atoms with Gasteiger partial charge in [-0.2, -0.15) is 0 Å². The number of methoxy groups -OCH3 is 1. The van der Waals surface area contributed by atoms with E-state index in [1.807, 2.05) is 42.7 Å². The van der Waals surface area contributed by atoms with E-state index in [-0.39, 0.29) is 27.8 Å². The number of ether oxygens (including phenoxy) is 2. The maximum absolute atomic E-state index is 12.8. The molecule has 0 saturated heterocycles. The van der Waals surface area contributed by atoms with Crippen molar-refractivity contribution in [1.82, 2.24) is 4.57 Å². The van der Waals surface area contributed by atoms with Crippen LogP contribution < -0.4 is 10.5 Å². The van der Waals surface area contributed by atoms with Gasteiger partial charge in [-0.05, 0) is 50.2 Å². The highest BCUT2D eigenvalue weighted by Crippen LogP contribution is 2.29. The topological polar surface area (TPSA) is 83.6 Å². The molecule has 0 saturated carbocycles. The molecule has 0 amide bonds. The molecule has 1 heterocycles. The molecule has 0 spiro atoms. The van der Waals surface area contributed by atoms with Crippen LogP contribution in [0.25, 0.3) is 5.69 Å². The first kappa shape index (κ1) is 21.9. The highest BCUT2D eigenvalue weighted by molar-refractivity contribution is 9.10. The minimum Gasteiger partial charge on any atom is -0.496 e. The number of anilines is 1. The zero-order valence-corrected chi connectivity index (χ0v) is 19.0. The third-order valence-electron chi connectivity index (χ3n) is 4.69. The van der Waals surface area contributed by atoms with E-state index in [1.54, 1.807) is 6.07 Å². The number of aromatic nitrogens is 1. The number of Topliss-reactive ketones (excluding diaryl/α,β-unsaturated/α-hetero) is 1. The number of benzene rings is 2. The third kappa shape index (κ3) is 4.37. The predicted octanol–water partition coefficient (Wildman–Crippen LogP) is 5.14. The Kier molecular flexibility index (Phi) is 6.53. The van der Waals surface area contributed by atoms with Gasteiger partial charge in [0.1, 0.15) is 11.3 Å². The normalized spacial score (nSPS) is 10.7. The van der Waals surface area contributed by atoms with Crippen LogP contribution in [-0.4, -0.2) is 30.0 Å². The molecule has 30 heavy (non-hydrogen) atoms. The number of esters is 1. The van der Waals surface area contributed by atoms with Gasteiger partial charge in [-0.25, -0.2) is 4.79 Å². The molecule has 0 aliphatic heterocycles. The van der Waals surface area contributed by atoms with Crippen LogP contribution in [0.5, 0.6) is 5.75 Å². The fourth-order valence-corrected chi connectivity index (χ4v) is 3.64. The van der Waals surface area contributed by atoms with E-state index in [0.29, 0.717) is 5.56 Å². The van der Waals surface area contributed by atoms with E-state index >= 15 is 0 Å². The lowest BCUT2D eigenvalue weighted by Gasteiger charge is -2.11. The van der Waals surface area contributed by atoms with Crippen molar-refractivity contribution in [1.29, 1.82) is 0 Å². The van der Waals surface area contributed by atoms with Crippen LogP contribution in [0, 0.1) is 13.8 Å². The van der Waals surface area contributed by atoms with Crippen LogP contribution in [0.2, 0.25) is 5.02 Å². The maximum Gasteiger partial charge on any atom is 0.342 e. The summed E-state index contributed by atoms with van der Waals surface area (Å²) in [6.07, 6.45) is 0. The minimum atomic E-state index is -0.719. The Morgan fingerprint density at radius 1 is 1.10 bits per heavy atom. The molecule has 2 aromatic carbocycles. The van der Waals surface area contributed by atoms with Crippen molar-refractivity contribution in [3.05, 3.63) is 74.5 Å². The lowest BCUT2D eigenvalue weighted by atomic mass is 10.1. The molecule has 8 heteroatoms.